The molecule has 29 heavy (non-hydrogen) atoms. The summed E-state index contributed by atoms with van der Waals surface area (Å²) in [5, 5.41) is 0. The van der Waals surface area contributed by atoms with E-state index in [0.29, 0.717) is 11.6 Å². The Balaban J connectivity index is 0. The van der Waals surface area contributed by atoms with Gasteiger partial charge in [0.1, 0.15) is 0 Å². The van der Waals surface area contributed by atoms with Gasteiger partial charge in [0, 0.05) is 37.8 Å². The Hall–Kier alpha value is -1.88. The van der Waals surface area contributed by atoms with E-state index in [4.69, 9.17) is 5.73 Å². The summed E-state index contributed by atoms with van der Waals surface area (Å²) < 4.78 is 0. The number of primary amides is 1. The summed E-state index contributed by atoms with van der Waals surface area (Å²) >= 11 is 0. The van der Waals surface area contributed by atoms with Gasteiger partial charge in [-0.25, -0.2) is 0 Å². The number of amides is 2. The molecule has 1 aromatic rings. The summed E-state index contributed by atoms with van der Waals surface area (Å²) in [6.45, 7) is 20.2. The molecule has 1 aliphatic carbocycles. The zero-order valence-electron chi connectivity index (χ0n) is 20.1. The molecule has 2 N–H and O–H groups in total. The van der Waals surface area contributed by atoms with Crippen molar-refractivity contribution in [2.24, 2.45) is 5.73 Å². The van der Waals surface area contributed by atoms with E-state index in [9.17, 15) is 9.59 Å². The second-order valence-electron chi connectivity index (χ2n) is 6.53. The number of rotatable bonds is 4. The molecule has 2 aliphatic rings. The number of nitrogens with two attached hydrogens (primary N) is 1. The number of hydrogen-bond acceptors (Lipinski definition) is 3. The molecule has 0 atom stereocenters. The highest BCUT2D eigenvalue weighted by Crippen LogP contribution is 2.39. The number of piperazine rings is 1. The fraction of sp³-hybridized carbons (Fsp3) is 0.667. The first-order valence-corrected chi connectivity index (χ1v) is 11.3. The molecule has 1 heterocycles. The fourth-order valence-corrected chi connectivity index (χ4v) is 2.70. The van der Waals surface area contributed by atoms with Gasteiger partial charge < -0.3 is 10.6 Å². The van der Waals surface area contributed by atoms with Gasteiger partial charge in [0.05, 0.1) is 0 Å². The molecule has 0 unspecified atom stereocenters. The fourth-order valence-electron chi connectivity index (χ4n) is 2.70. The van der Waals surface area contributed by atoms with Crippen LogP contribution in [0.5, 0.6) is 0 Å². The minimum absolute atomic E-state index is 0.350. The molecule has 168 valence electrons. The van der Waals surface area contributed by atoms with Crippen molar-refractivity contribution in [2.45, 2.75) is 80.2 Å². The van der Waals surface area contributed by atoms with Gasteiger partial charge in [0.2, 0.25) is 12.3 Å². The third-order valence-corrected chi connectivity index (χ3v) is 4.47. The molecule has 2 fully saturated rings. The normalized spacial score (nSPS) is 15.1. The summed E-state index contributed by atoms with van der Waals surface area (Å²) in [6.07, 6.45) is 3.52. The van der Waals surface area contributed by atoms with Crippen LogP contribution < -0.4 is 5.73 Å². The van der Waals surface area contributed by atoms with Gasteiger partial charge in [-0.2, -0.15) is 0 Å². The first-order chi connectivity index (χ1) is 14.0. The summed E-state index contributed by atoms with van der Waals surface area (Å²) in [6, 6.07) is 8.21. The molecule has 5 heteroatoms. The molecule has 0 bridgehead atoms. The third kappa shape index (κ3) is 12.3. The molecular formula is C24H45N3O2. The Kier molecular flexibility index (Phi) is 18.4. The van der Waals surface area contributed by atoms with Crippen LogP contribution in [0.15, 0.2) is 24.3 Å². The van der Waals surface area contributed by atoms with Crippen LogP contribution in [0.4, 0.5) is 0 Å². The van der Waals surface area contributed by atoms with E-state index in [2.05, 4.69) is 18.7 Å². The molecule has 1 aliphatic heterocycles. The van der Waals surface area contributed by atoms with Crippen molar-refractivity contribution >= 4 is 12.3 Å². The zero-order valence-corrected chi connectivity index (χ0v) is 20.1. The zero-order chi connectivity index (χ0) is 22.8. The molecule has 1 saturated carbocycles. The van der Waals surface area contributed by atoms with Crippen LogP contribution in [0, 0.1) is 0 Å². The number of nitrogens with zero attached hydrogens (tertiary/aromatic N) is 2. The Morgan fingerprint density at radius 2 is 1.38 bits per heavy atom. The van der Waals surface area contributed by atoms with Crippen LogP contribution in [-0.4, -0.2) is 54.3 Å². The van der Waals surface area contributed by atoms with Gasteiger partial charge in [-0.3, -0.25) is 14.5 Å². The molecule has 0 radical (unpaired) electrons. The van der Waals surface area contributed by atoms with Crippen molar-refractivity contribution in [3.63, 3.8) is 0 Å². The van der Waals surface area contributed by atoms with E-state index in [1.165, 1.54) is 18.4 Å². The van der Waals surface area contributed by atoms with Crippen LogP contribution in [0.3, 0.4) is 0 Å². The molecule has 3 rings (SSSR count). The topological polar surface area (TPSA) is 66.6 Å². The largest absolute Gasteiger partial charge is 0.366 e. The summed E-state index contributed by atoms with van der Waals surface area (Å²) in [7, 11) is 0. The highest BCUT2D eigenvalue weighted by Gasteiger charge is 2.23. The third-order valence-electron chi connectivity index (χ3n) is 4.47. The number of carbonyl (C=O) groups excluding carboxylic acids is 2. The molecule has 5 nitrogen and oxygen atoms in total. The number of hydrogen-bond donors (Lipinski definition) is 1. The van der Waals surface area contributed by atoms with Crippen molar-refractivity contribution in [1.82, 2.24) is 9.80 Å². The molecule has 1 saturated heterocycles. The van der Waals surface area contributed by atoms with Gasteiger partial charge in [0.25, 0.3) is 0 Å². The van der Waals surface area contributed by atoms with Crippen LogP contribution in [0.2, 0.25) is 0 Å². The SMILES string of the molecule is CC.CC.CC.CC(C)N1CCN(C=O)CC1.NC(=O)c1ccc(C2CC2)cc1. The van der Waals surface area contributed by atoms with Gasteiger partial charge in [-0.1, -0.05) is 53.7 Å². The standard InChI is InChI=1S/C10H11NO.C8H16N2O.3C2H6/c11-10(12)9-5-3-8(4-6-9)7-1-2-7;1-8(2)10-5-3-9(7-11)4-6-10;3*1-2/h3-7H,1-2H2,(H2,11,12);7-8H,3-6H2,1-2H3;3*1-2H3. The molecular weight excluding hydrogens is 362 g/mol. The van der Waals surface area contributed by atoms with Crippen molar-refractivity contribution < 1.29 is 9.59 Å². The van der Waals surface area contributed by atoms with Crippen LogP contribution in [-0.2, 0) is 4.79 Å². The Morgan fingerprint density at radius 1 is 0.931 bits per heavy atom. The second kappa shape index (κ2) is 18.2. The minimum atomic E-state index is -0.350. The minimum Gasteiger partial charge on any atom is -0.366 e. The van der Waals surface area contributed by atoms with Crippen LogP contribution in [0.25, 0.3) is 0 Å². The van der Waals surface area contributed by atoms with Crippen molar-refractivity contribution in [3.05, 3.63) is 35.4 Å². The molecule has 0 spiro atoms. The maximum absolute atomic E-state index is 10.7. The highest BCUT2D eigenvalue weighted by atomic mass is 16.1. The smallest absolute Gasteiger partial charge is 0.248 e. The first-order valence-electron chi connectivity index (χ1n) is 11.3. The second-order valence-corrected chi connectivity index (χ2v) is 6.53. The predicted octanol–water partition coefficient (Wildman–Crippen LogP) is 4.91. The average molecular weight is 408 g/mol. The van der Waals surface area contributed by atoms with Crippen LogP contribution >= 0.6 is 0 Å². The van der Waals surface area contributed by atoms with Gasteiger partial charge in [-0.15, -0.1) is 0 Å². The molecule has 2 amide bonds. The maximum Gasteiger partial charge on any atom is 0.248 e. The van der Waals surface area contributed by atoms with Gasteiger partial charge >= 0.3 is 0 Å². The Bertz CT molecular complexity index is 517. The van der Waals surface area contributed by atoms with Crippen LogP contribution in [0.1, 0.15) is 90.1 Å². The van der Waals surface area contributed by atoms with E-state index >= 15 is 0 Å². The van der Waals surface area contributed by atoms with Crippen molar-refractivity contribution in [2.75, 3.05) is 26.2 Å². The lowest BCUT2D eigenvalue weighted by molar-refractivity contribution is -0.119. The number of carbonyl (C=O) groups is 2. The molecule has 1 aromatic carbocycles. The summed E-state index contributed by atoms with van der Waals surface area (Å²) in [5.74, 6) is 0.393. The van der Waals surface area contributed by atoms with E-state index in [1.807, 2.05) is 58.6 Å². The summed E-state index contributed by atoms with van der Waals surface area (Å²) in [5.41, 5.74) is 7.05. The number of benzene rings is 1. The quantitative estimate of drug-likeness (QED) is 0.721. The average Bonchev–Trinajstić information content (AvgIpc) is 3.64. The lowest BCUT2D eigenvalue weighted by Crippen LogP contribution is -2.48. The van der Waals surface area contributed by atoms with Gasteiger partial charge in [-0.05, 0) is 50.3 Å². The van der Waals surface area contributed by atoms with Crippen molar-refractivity contribution in [1.29, 1.82) is 0 Å². The highest BCUT2D eigenvalue weighted by molar-refractivity contribution is 5.92. The van der Waals surface area contributed by atoms with E-state index < -0.39 is 0 Å². The Morgan fingerprint density at radius 3 is 1.69 bits per heavy atom. The predicted molar refractivity (Wildman–Crippen MR) is 125 cm³/mol. The lowest BCUT2D eigenvalue weighted by atomic mass is 10.1. The Labute approximate surface area is 179 Å². The maximum atomic E-state index is 10.7. The van der Waals surface area contributed by atoms with E-state index in [1.54, 1.807) is 12.1 Å². The van der Waals surface area contributed by atoms with E-state index in [-0.39, 0.29) is 5.91 Å². The monoisotopic (exact) mass is 407 g/mol. The lowest BCUT2D eigenvalue weighted by Gasteiger charge is -2.34. The molecule has 0 aromatic heterocycles. The van der Waals surface area contributed by atoms with Gasteiger partial charge in [0.15, 0.2) is 0 Å². The van der Waals surface area contributed by atoms with E-state index in [0.717, 1.165) is 38.5 Å². The van der Waals surface area contributed by atoms with Crippen molar-refractivity contribution in [3.8, 4) is 0 Å². The first kappa shape index (κ1) is 29.3. The summed E-state index contributed by atoms with van der Waals surface area (Å²) in [4.78, 5) is 25.3.